The SMILES string of the molecule is CCN(CC)C(=O)c1cccc([C@H](c2cccc(O)c2)N2C[C@@H](C)NC[C@@H]2C)c1. The molecule has 0 aliphatic carbocycles. The van der Waals surface area contributed by atoms with Crippen molar-refractivity contribution in [1.29, 1.82) is 0 Å². The Morgan fingerprint density at radius 3 is 2.45 bits per heavy atom. The number of piperazine rings is 1. The summed E-state index contributed by atoms with van der Waals surface area (Å²) >= 11 is 0. The van der Waals surface area contributed by atoms with Crippen LogP contribution >= 0.6 is 0 Å². The average Bonchev–Trinajstić information content (AvgIpc) is 2.72. The Kier molecular flexibility index (Phi) is 6.93. The molecule has 156 valence electrons. The third kappa shape index (κ3) is 4.80. The number of amides is 1. The van der Waals surface area contributed by atoms with E-state index in [-0.39, 0.29) is 17.7 Å². The Labute approximate surface area is 174 Å². The summed E-state index contributed by atoms with van der Waals surface area (Å²) in [6.07, 6.45) is 0. The molecule has 1 amide bonds. The van der Waals surface area contributed by atoms with Gasteiger partial charge in [-0.3, -0.25) is 9.69 Å². The first-order chi connectivity index (χ1) is 13.9. The number of aromatic hydroxyl groups is 1. The fourth-order valence-corrected chi connectivity index (χ4v) is 4.22. The summed E-state index contributed by atoms with van der Waals surface area (Å²) in [6.45, 7) is 11.6. The van der Waals surface area contributed by atoms with Crippen LogP contribution in [-0.2, 0) is 0 Å². The first-order valence-electron chi connectivity index (χ1n) is 10.6. The lowest BCUT2D eigenvalue weighted by molar-refractivity contribution is 0.0772. The van der Waals surface area contributed by atoms with Gasteiger partial charge in [0, 0.05) is 43.8 Å². The van der Waals surface area contributed by atoms with Crippen molar-refractivity contribution in [3.8, 4) is 5.75 Å². The molecule has 1 saturated heterocycles. The monoisotopic (exact) mass is 395 g/mol. The maximum atomic E-state index is 12.9. The van der Waals surface area contributed by atoms with Crippen molar-refractivity contribution in [3.05, 3.63) is 65.2 Å². The maximum Gasteiger partial charge on any atom is 0.253 e. The third-order valence-electron chi connectivity index (χ3n) is 5.83. The van der Waals surface area contributed by atoms with Crippen molar-refractivity contribution in [2.75, 3.05) is 26.2 Å². The molecule has 0 unspecified atom stereocenters. The molecule has 2 N–H and O–H groups in total. The fraction of sp³-hybridized carbons (Fsp3) is 0.458. The van der Waals surface area contributed by atoms with Crippen molar-refractivity contribution >= 4 is 5.91 Å². The van der Waals surface area contributed by atoms with Gasteiger partial charge in [-0.05, 0) is 63.1 Å². The Morgan fingerprint density at radius 2 is 1.79 bits per heavy atom. The van der Waals surface area contributed by atoms with Crippen molar-refractivity contribution in [1.82, 2.24) is 15.1 Å². The third-order valence-corrected chi connectivity index (χ3v) is 5.83. The zero-order valence-corrected chi connectivity index (χ0v) is 17.9. The summed E-state index contributed by atoms with van der Waals surface area (Å²) < 4.78 is 0. The Balaban J connectivity index is 2.05. The van der Waals surface area contributed by atoms with E-state index in [9.17, 15) is 9.90 Å². The van der Waals surface area contributed by atoms with Crippen LogP contribution in [0.4, 0.5) is 0 Å². The highest BCUT2D eigenvalue weighted by Gasteiger charge is 2.31. The van der Waals surface area contributed by atoms with Crippen molar-refractivity contribution in [3.63, 3.8) is 0 Å². The smallest absolute Gasteiger partial charge is 0.253 e. The fourth-order valence-electron chi connectivity index (χ4n) is 4.22. The minimum Gasteiger partial charge on any atom is -0.508 e. The lowest BCUT2D eigenvalue weighted by atomic mass is 9.92. The first kappa shape index (κ1) is 21.3. The van der Waals surface area contributed by atoms with E-state index >= 15 is 0 Å². The molecule has 2 aromatic rings. The molecule has 1 aliphatic rings. The lowest BCUT2D eigenvalue weighted by Crippen LogP contribution is -2.55. The highest BCUT2D eigenvalue weighted by Crippen LogP contribution is 2.33. The number of carbonyl (C=O) groups is 1. The van der Waals surface area contributed by atoms with Crippen molar-refractivity contribution in [2.45, 2.75) is 45.8 Å². The summed E-state index contributed by atoms with van der Waals surface area (Å²) in [5, 5.41) is 13.7. The highest BCUT2D eigenvalue weighted by atomic mass is 16.3. The molecule has 0 radical (unpaired) electrons. The standard InChI is InChI=1S/C24H33N3O2/c1-5-26(6-2)24(29)21-11-7-9-19(13-21)23(20-10-8-12-22(28)14-20)27-16-17(3)25-15-18(27)4/h7-14,17-18,23,25,28H,5-6,15-16H2,1-4H3/t17-,18+,23-/m1/s1. The van der Waals surface area contributed by atoms with E-state index in [1.54, 1.807) is 6.07 Å². The molecule has 2 aromatic carbocycles. The zero-order chi connectivity index (χ0) is 21.0. The van der Waals surface area contributed by atoms with Gasteiger partial charge in [0.15, 0.2) is 0 Å². The molecule has 29 heavy (non-hydrogen) atoms. The van der Waals surface area contributed by atoms with Crippen molar-refractivity contribution < 1.29 is 9.90 Å². The van der Waals surface area contributed by atoms with Crippen LogP contribution in [-0.4, -0.2) is 59.1 Å². The molecule has 3 atom stereocenters. The summed E-state index contributed by atoms with van der Waals surface area (Å²) in [5.74, 6) is 0.326. The van der Waals surface area contributed by atoms with Gasteiger partial charge in [0.1, 0.15) is 5.75 Å². The number of phenols is 1. The Bertz CT molecular complexity index is 834. The van der Waals surface area contributed by atoms with Gasteiger partial charge >= 0.3 is 0 Å². The molecule has 5 nitrogen and oxygen atoms in total. The number of nitrogens with one attached hydrogen (secondary N) is 1. The number of carbonyl (C=O) groups excluding carboxylic acids is 1. The molecule has 0 spiro atoms. The van der Waals surface area contributed by atoms with Crippen LogP contribution in [0.15, 0.2) is 48.5 Å². The van der Waals surface area contributed by atoms with Crippen LogP contribution in [0.1, 0.15) is 55.2 Å². The van der Waals surface area contributed by atoms with E-state index in [1.165, 1.54) is 0 Å². The molecule has 1 fully saturated rings. The second-order valence-corrected chi connectivity index (χ2v) is 7.96. The van der Waals surface area contributed by atoms with Gasteiger partial charge in [0.2, 0.25) is 0 Å². The van der Waals surface area contributed by atoms with Crippen LogP contribution in [0.2, 0.25) is 0 Å². The normalized spacial score (nSPS) is 21.0. The van der Waals surface area contributed by atoms with Crippen LogP contribution in [0.25, 0.3) is 0 Å². The van der Waals surface area contributed by atoms with E-state index in [0.717, 1.165) is 24.2 Å². The second-order valence-electron chi connectivity index (χ2n) is 7.96. The molecule has 1 aliphatic heterocycles. The van der Waals surface area contributed by atoms with Gasteiger partial charge in [-0.15, -0.1) is 0 Å². The van der Waals surface area contributed by atoms with Crippen LogP contribution in [0.3, 0.4) is 0 Å². The van der Waals surface area contributed by atoms with E-state index in [2.05, 4.69) is 36.2 Å². The van der Waals surface area contributed by atoms with E-state index in [1.807, 2.05) is 49.1 Å². The molecule has 0 aromatic heterocycles. The molecular weight excluding hydrogens is 362 g/mol. The number of benzene rings is 2. The maximum absolute atomic E-state index is 12.9. The molecule has 5 heteroatoms. The van der Waals surface area contributed by atoms with E-state index < -0.39 is 0 Å². The van der Waals surface area contributed by atoms with Gasteiger partial charge < -0.3 is 15.3 Å². The van der Waals surface area contributed by atoms with Crippen molar-refractivity contribution in [2.24, 2.45) is 0 Å². The Hall–Kier alpha value is -2.37. The topological polar surface area (TPSA) is 55.8 Å². The van der Waals surface area contributed by atoms with E-state index in [4.69, 9.17) is 0 Å². The van der Waals surface area contributed by atoms with Crippen LogP contribution in [0.5, 0.6) is 5.75 Å². The van der Waals surface area contributed by atoms with Gasteiger partial charge in [-0.1, -0.05) is 24.3 Å². The van der Waals surface area contributed by atoms with Gasteiger partial charge in [0.05, 0.1) is 6.04 Å². The van der Waals surface area contributed by atoms with Crippen LogP contribution in [0, 0.1) is 0 Å². The summed E-state index contributed by atoms with van der Waals surface area (Å²) in [4.78, 5) is 17.2. The van der Waals surface area contributed by atoms with Crippen LogP contribution < -0.4 is 5.32 Å². The predicted molar refractivity (Wildman–Crippen MR) is 117 cm³/mol. The molecule has 0 bridgehead atoms. The summed E-state index contributed by atoms with van der Waals surface area (Å²) in [5.41, 5.74) is 2.83. The largest absolute Gasteiger partial charge is 0.508 e. The quantitative estimate of drug-likeness (QED) is 0.784. The minimum absolute atomic E-state index is 0.0221. The molecule has 0 saturated carbocycles. The molecule has 3 rings (SSSR count). The predicted octanol–water partition coefficient (Wildman–Crippen LogP) is 3.65. The Morgan fingerprint density at radius 1 is 1.14 bits per heavy atom. The number of hydrogen-bond acceptors (Lipinski definition) is 4. The first-order valence-corrected chi connectivity index (χ1v) is 10.6. The molecule has 1 heterocycles. The van der Waals surface area contributed by atoms with Gasteiger partial charge in [-0.25, -0.2) is 0 Å². The van der Waals surface area contributed by atoms with Gasteiger partial charge in [-0.2, -0.15) is 0 Å². The van der Waals surface area contributed by atoms with Gasteiger partial charge in [0.25, 0.3) is 5.91 Å². The summed E-state index contributed by atoms with van der Waals surface area (Å²) in [7, 11) is 0. The van der Waals surface area contributed by atoms with E-state index in [0.29, 0.717) is 30.7 Å². The number of nitrogens with zero attached hydrogens (tertiary/aromatic N) is 2. The number of phenolic OH excluding ortho intramolecular Hbond substituents is 1. The number of rotatable bonds is 6. The molecular formula is C24H33N3O2. The zero-order valence-electron chi connectivity index (χ0n) is 17.9. The second kappa shape index (κ2) is 9.42. The highest BCUT2D eigenvalue weighted by molar-refractivity contribution is 5.94. The average molecular weight is 396 g/mol. The minimum atomic E-state index is -0.0221. The number of hydrogen-bond donors (Lipinski definition) is 2. The lowest BCUT2D eigenvalue weighted by Gasteiger charge is -2.43. The summed E-state index contributed by atoms with van der Waals surface area (Å²) in [6, 6.07) is 16.2.